The fourth-order valence-corrected chi connectivity index (χ4v) is 3.38. The van der Waals surface area contributed by atoms with Gasteiger partial charge in [-0.25, -0.2) is 4.98 Å². The molecule has 0 saturated carbocycles. The zero-order valence-corrected chi connectivity index (χ0v) is 15.3. The Morgan fingerprint density at radius 1 is 1.38 bits per heavy atom. The third-order valence-electron chi connectivity index (χ3n) is 5.06. The Balaban J connectivity index is 0.00000196. The van der Waals surface area contributed by atoms with Crippen molar-refractivity contribution in [1.29, 1.82) is 0 Å². The van der Waals surface area contributed by atoms with Crippen molar-refractivity contribution >= 4 is 40.4 Å². The molecular weight excluding hydrogens is 356 g/mol. The molecule has 1 aliphatic rings. The number of nitrogens with two attached hydrogens (primary N) is 1. The van der Waals surface area contributed by atoms with Gasteiger partial charge in [0.25, 0.3) is 5.56 Å². The van der Waals surface area contributed by atoms with Gasteiger partial charge < -0.3 is 15.1 Å². The van der Waals surface area contributed by atoms with Crippen LogP contribution in [-0.2, 0) is 11.3 Å². The average molecular weight is 377 g/mol. The van der Waals surface area contributed by atoms with Crippen LogP contribution >= 0.6 is 12.4 Å². The summed E-state index contributed by atoms with van der Waals surface area (Å²) in [4.78, 5) is 31.3. The van der Waals surface area contributed by atoms with E-state index in [0.717, 1.165) is 11.8 Å². The molecule has 138 valence electrons. The van der Waals surface area contributed by atoms with Crippen LogP contribution in [0.5, 0.6) is 0 Å². The first-order chi connectivity index (χ1) is 12.0. The van der Waals surface area contributed by atoms with Crippen LogP contribution in [0, 0.1) is 5.41 Å². The average Bonchev–Trinajstić information content (AvgIpc) is 3.19. The number of para-hydroxylation sites is 1. The zero-order valence-electron chi connectivity index (χ0n) is 14.5. The third-order valence-corrected chi connectivity index (χ3v) is 5.06. The standard InChI is InChI=1S/C18H20N4O3.ClH/c1-18(9-19)6-7-21(10-18)14(23)8-22-11-20-15-12-4-2-3-5-13(12)25-16(15)17(22)24;/h2-5,11H,6-10,19H2,1H3;1H. The van der Waals surface area contributed by atoms with E-state index in [1.165, 1.54) is 10.9 Å². The summed E-state index contributed by atoms with van der Waals surface area (Å²) >= 11 is 0. The minimum atomic E-state index is -0.338. The summed E-state index contributed by atoms with van der Waals surface area (Å²) in [5, 5.41) is 0.798. The third kappa shape index (κ3) is 2.97. The largest absolute Gasteiger partial charge is 0.448 e. The smallest absolute Gasteiger partial charge is 0.297 e. The molecule has 0 bridgehead atoms. The van der Waals surface area contributed by atoms with Crippen molar-refractivity contribution in [2.75, 3.05) is 19.6 Å². The van der Waals surface area contributed by atoms with Crippen LogP contribution in [-0.4, -0.2) is 40.0 Å². The summed E-state index contributed by atoms with van der Waals surface area (Å²) in [6, 6.07) is 7.37. The van der Waals surface area contributed by atoms with Gasteiger partial charge in [0.05, 0.1) is 6.33 Å². The van der Waals surface area contributed by atoms with Gasteiger partial charge in [0.2, 0.25) is 11.5 Å². The molecule has 3 heterocycles. The number of fused-ring (bicyclic) bond motifs is 3. The van der Waals surface area contributed by atoms with E-state index in [0.29, 0.717) is 30.7 Å². The highest BCUT2D eigenvalue weighted by atomic mass is 35.5. The monoisotopic (exact) mass is 376 g/mol. The quantitative estimate of drug-likeness (QED) is 0.751. The molecule has 7 nitrogen and oxygen atoms in total. The first-order valence-corrected chi connectivity index (χ1v) is 8.35. The molecule has 1 atom stereocenters. The number of furan rings is 1. The summed E-state index contributed by atoms with van der Waals surface area (Å²) in [7, 11) is 0. The van der Waals surface area contributed by atoms with Gasteiger partial charge in [0.15, 0.2) is 0 Å². The van der Waals surface area contributed by atoms with Gasteiger partial charge in [-0.2, -0.15) is 0 Å². The molecule has 1 amide bonds. The predicted molar refractivity (Wildman–Crippen MR) is 101 cm³/mol. The second kappa shape index (κ2) is 6.74. The topological polar surface area (TPSA) is 94.4 Å². The molecule has 1 unspecified atom stereocenters. The Bertz CT molecular complexity index is 1030. The molecule has 1 aliphatic heterocycles. The van der Waals surface area contributed by atoms with E-state index in [1.807, 2.05) is 18.2 Å². The van der Waals surface area contributed by atoms with Crippen molar-refractivity contribution in [2.24, 2.45) is 11.1 Å². The SMILES string of the molecule is CC1(CN)CCN(C(=O)Cn2cnc3c(oc4ccccc43)c2=O)C1.Cl. The Labute approximate surface area is 156 Å². The van der Waals surface area contributed by atoms with Crippen LogP contribution in [0.2, 0.25) is 0 Å². The highest BCUT2D eigenvalue weighted by molar-refractivity contribution is 6.01. The number of benzene rings is 1. The lowest BCUT2D eigenvalue weighted by molar-refractivity contribution is -0.131. The summed E-state index contributed by atoms with van der Waals surface area (Å²) in [6.07, 6.45) is 2.30. The Morgan fingerprint density at radius 3 is 2.88 bits per heavy atom. The maximum Gasteiger partial charge on any atom is 0.297 e. The van der Waals surface area contributed by atoms with Crippen molar-refractivity contribution < 1.29 is 9.21 Å². The van der Waals surface area contributed by atoms with Gasteiger partial charge in [0.1, 0.15) is 17.6 Å². The van der Waals surface area contributed by atoms with Crippen LogP contribution in [0.25, 0.3) is 22.1 Å². The molecule has 2 N–H and O–H groups in total. The maximum absolute atomic E-state index is 12.7. The summed E-state index contributed by atoms with van der Waals surface area (Å²) in [6.45, 7) is 3.87. The molecule has 0 aliphatic carbocycles. The van der Waals surface area contributed by atoms with E-state index in [1.54, 1.807) is 11.0 Å². The molecule has 1 aromatic carbocycles. The maximum atomic E-state index is 12.7. The van der Waals surface area contributed by atoms with E-state index in [2.05, 4.69) is 11.9 Å². The summed E-state index contributed by atoms with van der Waals surface area (Å²) < 4.78 is 6.95. The normalized spacial score (nSPS) is 19.8. The number of aromatic nitrogens is 2. The summed E-state index contributed by atoms with van der Waals surface area (Å²) in [5.41, 5.74) is 6.74. The van der Waals surface area contributed by atoms with E-state index >= 15 is 0 Å². The molecule has 0 radical (unpaired) electrons. The molecule has 4 rings (SSSR count). The Morgan fingerprint density at radius 2 is 2.15 bits per heavy atom. The van der Waals surface area contributed by atoms with Crippen LogP contribution in [0.3, 0.4) is 0 Å². The second-order valence-corrected chi connectivity index (χ2v) is 7.03. The Hall–Kier alpha value is -2.38. The van der Waals surface area contributed by atoms with Crippen LogP contribution in [0.1, 0.15) is 13.3 Å². The van der Waals surface area contributed by atoms with Crippen LogP contribution < -0.4 is 11.3 Å². The minimum Gasteiger partial charge on any atom is -0.448 e. The number of carbonyl (C=O) groups is 1. The highest BCUT2D eigenvalue weighted by Crippen LogP contribution is 2.28. The van der Waals surface area contributed by atoms with Crippen molar-refractivity contribution in [3.05, 3.63) is 40.9 Å². The van der Waals surface area contributed by atoms with Gasteiger partial charge in [-0.1, -0.05) is 19.1 Å². The van der Waals surface area contributed by atoms with Crippen molar-refractivity contribution in [1.82, 2.24) is 14.5 Å². The fourth-order valence-electron chi connectivity index (χ4n) is 3.38. The first kappa shape index (κ1) is 18.4. The van der Waals surface area contributed by atoms with E-state index < -0.39 is 0 Å². The molecule has 1 saturated heterocycles. The van der Waals surface area contributed by atoms with E-state index in [-0.39, 0.29) is 41.4 Å². The number of hydrogen-bond donors (Lipinski definition) is 1. The van der Waals surface area contributed by atoms with Gasteiger partial charge >= 0.3 is 0 Å². The van der Waals surface area contributed by atoms with Gasteiger partial charge in [-0.3, -0.25) is 14.2 Å². The van der Waals surface area contributed by atoms with E-state index in [9.17, 15) is 9.59 Å². The number of hydrogen-bond acceptors (Lipinski definition) is 5. The van der Waals surface area contributed by atoms with Crippen molar-refractivity contribution in [3.8, 4) is 0 Å². The van der Waals surface area contributed by atoms with Gasteiger partial charge in [0, 0.05) is 18.5 Å². The number of amides is 1. The Kier molecular flexibility index (Phi) is 4.77. The highest BCUT2D eigenvalue weighted by Gasteiger charge is 2.34. The molecule has 26 heavy (non-hydrogen) atoms. The number of likely N-dealkylation sites (tertiary alicyclic amines) is 1. The van der Waals surface area contributed by atoms with E-state index in [4.69, 9.17) is 10.2 Å². The molecule has 8 heteroatoms. The summed E-state index contributed by atoms with van der Waals surface area (Å²) in [5.74, 6) is -0.100. The lowest BCUT2D eigenvalue weighted by atomic mass is 9.90. The van der Waals surface area contributed by atoms with Crippen LogP contribution in [0.15, 0.2) is 39.8 Å². The zero-order chi connectivity index (χ0) is 17.6. The fraction of sp³-hybridized carbons (Fsp3) is 0.389. The lowest BCUT2D eigenvalue weighted by Gasteiger charge is -2.22. The van der Waals surface area contributed by atoms with Crippen molar-refractivity contribution in [3.63, 3.8) is 0 Å². The molecule has 1 fully saturated rings. The number of nitrogens with zero attached hydrogens (tertiary/aromatic N) is 3. The van der Waals surface area contributed by atoms with Crippen molar-refractivity contribution in [2.45, 2.75) is 19.9 Å². The minimum absolute atomic E-state index is 0. The van der Waals surface area contributed by atoms with Gasteiger partial charge in [-0.05, 0) is 30.5 Å². The van der Waals surface area contributed by atoms with Crippen LogP contribution in [0.4, 0.5) is 0 Å². The molecular formula is C18H21ClN4O3. The number of halogens is 1. The first-order valence-electron chi connectivity index (χ1n) is 8.35. The molecule has 0 spiro atoms. The number of rotatable bonds is 3. The lowest BCUT2D eigenvalue weighted by Crippen LogP contribution is -2.37. The molecule has 2 aromatic heterocycles. The van der Waals surface area contributed by atoms with Gasteiger partial charge in [-0.15, -0.1) is 12.4 Å². The predicted octanol–water partition coefficient (Wildman–Crippen LogP) is 1.76. The number of carbonyl (C=O) groups excluding carboxylic acids is 1. The molecule has 3 aromatic rings. The second-order valence-electron chi connectivity index (χ2n) is 7.03.